The number of nitrogens with one attached hydrogen (secondary N) is 2. The molecule has 3 heterocycles. The molecule has 9 nitrogen and oxygen atoms in total. The minimum atomic E-state index is -0.468. The van der Waals surface area contributed by atoms with Crippen LogP contribution in [-0.2, 0) is 9.53 Å². The van der Waals surface area contributed by atoms with Crippen molar-refractivity contribution in [3.8, 4) is 11.5 Å². The van der Waals surface area contributed by atoms with Gasteiger partial charge in [-0.1, -0.05) is 11.8 Å². The lowest BCUT2D eigenvalue weighted by Gasteiger charge is -2.26. The third-order valence-corrected chi connectivity index (χ3v) is 4.37. The van der Waals surface area contributed by atoms with Gasteiger partial charge in [0.25, 0.3) is 5.22 Å². The molecule has 0 saturated carbocycles. The highest BCUT2D eigenvalue weighted by Gasteiger charge is 2.29. The summed E-state index contributed by atoms with van der Waals surface area (Å²) in [6, 6.07) is 2.76. The Labute approximate surface area is 153 Å². The minimum absolute atomic E-state index is 0.252. The lowest BCUT2D eigenvalue weighted by molar-refractivity contribution is -0.138. The highest BCUT2D eigenvalue weighted by atomic mass is 32.2. The van der Waals surface area contributed by atoms with E-state index in [9.17, 15) is 9.59 Å². The molecule has 3 rings (SSSR count). The van der Waals surface area contributed by atoms with E-state index in [0.717, 1.165) is 0 Å². The van der Waals surface area contributed by atoms with Crippen LogP contribution in [0.1, 0.15) is 13.8 Å². The number of hydrogen-bond acceptors (Lipinski definition) is 8. The summed E-state index contributed by atoms with van der Waals surface area (Å²) in [5, 5.41) is 13.6. The van der Waals surface area contributed by atoms with Crippen LogP contribution in [0.15, 0.2) is 45.4 Å². The Morgan fingerprint density at radius 2 is 2.27 bits per heavy atom. The zero-order valence-corrected chi connectivity index (χ0v) is 15.0. The number of thioether (sulfide) groups is 1. The maximum absolute atomic E-state index is 12.2. The number of carbonyl (C=O) groups is 2. The van der Waals surface area contributed by atoms with Crippen LogP contribution < -0.4 is 10.6 Å². The van der Waals surface area contributed by atoms with Crippen molar-refractivity contribution in [1.29, 1.82) is 0 Å². The lowest BCUT2D eigenvalue weighted by Crippen LogP contribution is -2.49. The van der Waals surface area contributed by atoms with Crippen molar-refractivity contribution in [2.45, 2.75) is 25.1 Å². The quantitative estimate of drug-likeness (QED) is 0.579. The number of hydrogen-bond donors (Lipinski definition) is 2. The fraction of sp³-hybridized carbons (Fsp3) is 0.312. The predicted octanol–water partition coefficient (Wildman–Crippen LogP) is 1.74. The van der Waals surface area contributed by atoms with Gasteiger partial charge < -0.3 is 19.8 Å². The summed E-state index contributed by atoms with van der Waals surface area (Å²) >= 11 is 1.22. The van der Waals surface area contributed by atoms with Gasteiger partial charge in [0, 0.05) is 23.8 Å². The van der Waals surface area contributed by atoms with E-state index in [4.69, 9.17) is 9.15 Å². The largest absolute Gasteiger partial charge is 0.463 e. The third-order valence-electron chi connectivity index (χ3n) is 3.52. The lowest BCUT2D eigenvalue weighted by atomic mass is 10.1. The molecule has 0 bridgehead atoms. The number of amides is 2. The summed E-state index contributed by atoms with van der Waals surface area (Å²) in [5.74, 6) is 0.160. The summed E-state index contributed by atoms with van der Waals surface area (Å²) in [4.78, 5) is 27.9. The molecule has 0 unspecified atom stereocenters. The van der Waals surface area contributed by atoms with Crippen LogP contribution in [0.4, 0.5) is 4.79 Å². The van der Waals surface area contributed by atoms with E-state index in [0.29, 0.717) is 27.9 Å². The first-order valence-electron chi connectivity index (χ1n) is 7.93. The first-order chi connectivity index (χ1) is 12.6. The van der Waals surface area contributed by atoms with Gasteiger partial charge in [-0.05, 0) is 26.0 Å². The van der Waals surface area contributed by atoms with E-state index >= 15 is 0 Å². The third kappa shape index (κ3) is 4.02. The van der Waals surface area contributed by atoms with Gasteiger partial charge in [-0.25, -0.2) is 9.59 Å². The molecule has 1 aliphatic heterocycles. The number of ether oxygens (including phenoxy) is 1. The van der Waals surface area contributed by atoms with Crippen LogP contribution in [0.3, 0.4) is 0 Å². The molecule has 136 valence electrons. The van der Waals surface area contributed by atoms with Gasteiger partial charge in [-0.3, -0.25) is 4.98 Å². The smallest absolute Gasteiger partial charge is 0.337 e. The Hall–Kier alpha value is -2.88. The minimum Gasteiger partial charge on any atom is -0.463 e. The zero-order valence-electron chi connectivity index (χ0n) is 14.2. The van der Waals surface area contributed by atoms with Crippen LogP contribution in [-0.4, -0.2) is 45.6 Å². The van der Waals surface area contributed by atoms with E-state index in [1.54, 1.807) is 32.3 Å². The average Bonchev–Trinajstić information content (AvgIpc) is 3.09. The maximum Gasteiger partial charge on any atom is 0.337 e. The molecule has 0 radical (unpaired) electrons. The van der Waals surface area contributed by atoms with Gasteiger partial charge in [-0.2, -0.15) is 0 Å². The van der Waals surface area contributed by atoms with Crippen LogP contribution in [0.25, 0.3) is 11.5 Å². The van der Waals surface area contributed by atoms with Crippen molar-refractivity contribution in [2.24, 2.45) is 0 Å². The van der Waals surface area contributed by atoms with Crippen LogP contribution in [0.2, 0.25) is 0 Å². The normalized spacial score (nSPS) is 16.8. The molecule has 2 aromatic heterocycles. The van der Waals surface area contributed by atoms with Crippen molar-refractivity contribution in [3.63, 3.8) is 0 Å². The standard InChI is InChI=1S/C16H17N5O4S/c1-3-24-14(22)12-9(2)18-15(23)19-11(12)8-26-16-21-20-13(25-16)10-5-4-6-17-7-10/h4-7,9H,3,8H2,1-2H3,(H2,18,19,23)/t9-/m1/s1. The van der Waals surface area contributed by atoms with E-state index in [1.807, 2.05) is 6.07 Å². The van der Waals surface area contributed by atoms with E-state index in [2.05, 4.69) is 25.8 Å². The number of carbonyl (C=O) groups excluding carboxylic acids is 2. The van der Waals surface area contributed by atoms with Crippen LogP contribution >= 0.6 is 11.8 Å². The number of nitrogens with zero attached hydrogens (tertiary/aromatic N) is 3. The maximum atomic E-state index is 12.2. The van der Waals surface area contributed by atoms with Crippen molar-refractivity contribution in [2.75, 3.05) is 12.4 Å². The van der Waals surface area contributed by atoms with E-state index < -0.39 is 12.0 Å². The Morgan fingerprint density at radius 1 is 1.42 bits per heavy atom. The predicted molar refractivity (Wildman–Crippen MR) is 93.0 cm³/mol. The number of aromatic nitrogens is 3. The second-order valence-electron chi connectivity index (χ2n) is 5.34. The molecule has 0 aliphatic carbocycles. The summed E-state index contributed by atoms with van der Waals surface area (Å²) in [7, 11) is 0. The Morgan fingerprint density at radius 3 is 3.00 bits per heavy atom. The molecule has 1 atom stereocenters. The molecular formula is C16H17N5O4S. The number of rotatable bonds is 6. The Balaban J connectivity index is 1.76. The first kappa shape index (κ1) is 17.9. The topological polar surface area (TPSA) is 119 Å². The fourth-order valence-corrected chi connectivity index (χ4v) is 3.13. The van der Waals surface area contributed by atoms with Crippen molar-refractivity contribution in [3.05, 3.63) is 35.8 Å². The highest BCUT2D eigenvalue weighted by molar-refractivity contribution is 7.99. The molecule has 0 saturated heterocycles. The monoisotopic (exact) mass is 375 g/mol. The van der Waals surface area contributed by atoms with Gasteiger partial charge in [0.1, 0.15) is 0 Å². The SMILES string of the molecule is CCOC(=O)C1=C(CSc2nnc(-c3cccnc3)o2)NC(=O)N[C@@H]1C. The van der Waals surface area contributed by atoms with Crippen LogP contribution in [0.5, 0.6) is 0 Å². The molecule has 2 N–H and O–H groups in total. The molecule has 2 amide bonds. The second-order valence-corrected chi connectivity index (χ2v) is 6.26. The Bertz CT molecular complexity index is 836. The number of urea groups is 1. The van der Waals surface area contributed by atoms with Crippen LogP contribution in [0, 0.1) is 0 Å². The summed E-state index contributed by atoms with van der Waals surface area (Å²) in [5.41, 5.74) is 1.55. The van der Waals surface area contributed by atoms with Crippen molar-refractivity contribution >= 4 is 23.8 Å². The molecular weight excluding hydrogens is 358 g/mol. The molecule has 0 spiro atoms. The number of esters is 1. The molecule has 0 aromatic carbocycles. The van der Waals surface area contributed by atoms with E-state index in [1.165, 1.54) is 11.8 Å². The van der Waals surface area contributed by atoms with Gasteiger partial charge in [-0.15, -0.1) is 10.2 Å². The highest BCUT2D eigenvalue weighted by Crippen LogP contribution is 2.25. The molecule has 26 heavy (non-hydrogen) atoms. The fourth-order valence-electron chi connectivity index (χ4n) is 2.40. The van der Waals surface area contributed by atoms with E-state index in [-0.39, 0.29) is 18.4 Å². The summed E-state index contributed by atoms with van der Waals surface area (Å²) in [6.45, 7) is 3.70. The van der Waals surface area contributed by atoms with Gasteiger partial charge in [0.05, 0.1) is 23.8 Å². The molecule has 10 heteroatoms. The summed E-state index contributed by atoms with van der Waals surface area (Å²) in [6.07, 6.45) is 3.28. The summed E-state index contributed by atoms with van der Waals surface area (Å²) < 4.78 is 10.7. The molecule has 2 aromatic rings. The first-order valence-corrected chi connectivity index (χ1v) is 8.91. The van der Waals surface area contributed by atoms with Gasteiger partial charge in [0.15, 0.2) is 0 Å². The zero-order chi connectivity index (χ0) is 18.5. The van der Waals surface area contributed by atoms with Crippen molar-refractivity contribution in [1.82, 2.24) is 25.8 Å². The molecule has 1 aliphatic rings. The van der Waals surface area contributed by atoms with Gasteiger partial charge >= 0.3 is 12.0 Å². The number of pyridine rings is 1. The second kappa shape index (κ2) is 8.00. The van der Waals surface area contributed by atoms with Crippen molar-refractivity contribution < 1.29 is 18.7 Å². The van der Waals surface area contributed by atoms with Gasteiger partial charge in [0.2, 0.25) is 5.89 Å². The molecule has 0 fully saturated rings. The Kier molecular flexibility index (Phi) is 5.52. The average molecular weight is 375 g/mol.